The molecule has 0 saturated carbocycles. The van der Waals surface area contributed by atoms with Gasteiger partial charge in [0.2, 0.25) is 0 Å². The van der Waals surface area contributed by atoms with E-state index in [1.807, 2.05) is 12.3 Å². The number of thiazole rings is 1. The molecule has 2 aromatic heterocycles. The highest BCUT2D eigenvalue weighted by atomic mass is 32.1. The van der Waals surface area contributed by atoms with Crippen LogP contribution in [0.15, 0.2) is 11.6 Å². The summed E-state index contributed by atoms with van der Waals surface area (Å²) < 4.78 is 1.53. The third kappa shape index (κ3) is 1.63. The van der Waals surface area contributed by atoms with Gasteiger partial charge in [0.05, 0.1) is 11.2 Å². The molecule has 6 heteroatoms. The molecule has 0 amide bonds. The van der Waals surface area contributed by atoms with Crippen LogP contribution in [0.5, 0.6) is 0 Å². The summed E-state index contributed by atoms with van der Waals surface area (Å²) in [6.07, 6.45) is 1.34. The number of hydrogen-bond acceptors (Lipinski definition) is 4. The Bertz CT molecular complexity index is 515. The average molecular weight is 223 g/mol. The fourth-order valence-electron chi connectivity index (χ4n) is 1.37. The van der Waals surface area contributed by atoms with Crippen molar-refractivity contribution in [2.24, 2.45) is 7.05 Å². The highest BCUT2D eigenvalue weighted by Crippen LogP contribution is 2.24. The summed E-state index contributed by atoms with van der Waals surface area (Å²) >= 11 is 1.49. The van der Waals surface area contributed by atoms with Crippen molar-refractivity contribution in [2.75, 3.05) is 0 Å². The van der Waals surface area contributed by atoms with Gasteiger partial charge in [-0.15, -0.1) is 11.3 Å². The summed E-state index contributed by atoms with van der Waals surface area (Å²) in [5, 5.41) is 15.6. The Morgan fingerprint density at radius 3 is 2.87 bits per heavy atom. The molecule has 0 spiro atoms. The molecule has 0 unspecified atom stereocenters. The normalized spacial score (nSPS) is 10.5. The quantitative estimate of drug-likeness (QED) is 0.838. The predicted molar refractivity (Wildman–Crippen MR) is 56.0 cm³/mol. The van der Waals surface area contributed by atoms with Gasteiger partial charge in [0.1, 0.15) is 17.0 Å². The lowest BCUT2D eigenvalue weighted by Gasteiger charge is -1.99. The van der Waals surface area contributed by atoms with Crippen molar-refractivity contribution in [2.45, 2.75) is 6.92 Å². The summed E-state index contributed by atoms with van der Waals surface area (Å²) in [5.41, 5.74) is 1.39. The molecule has 0 saturated heterocycles. The fourth-order valence-corrected chi connectivity index (χ4v) is 1.97. The van der Waals surface area contributed by atoms with Crippen molar-refractivity contribution < 1.29 is 9.90 Å². The molecule has 1 N–H and O–H groups in total. The van der Waals surface area contributed by atoms with Crippen LogP contribution in [0, 0.1) is 6.92 Å². The Balaban J connectivity index is 2.60. The zero-order chi connectivity index (χ0) is 11.0. The van der Waals surface area contributed by atoms with Gasteiger partial charge in [0.25, 0.3) is 0 Å². The molecule has 0 fully saturated rings. The minimum atomic E-state index is -0.983. The molecule has 2 heterocycles. The minimum absolute atomic E-state index is 0.183. The SMILES string of the molecule is Cc1nc(-c2c(C(=O)O)cnn2C)cs1. The molecule has 78 valence electrons. The molecule has 0 radical (unpaired) electrons. The molecule has 2 rings (SSSR count). The van der Waals surface area contributed by atoms with Gasteiger partial charge in [-0.25, -0.2) is 9.78 Å². The first kappa shape index (κ1) is 9.85. The number of hydrogen-bond donors (Lipinski definition) is 1. The highest BCUT2D eigenvalue weighted by molar-refractivity contribution is 7.09. The number of aromatic nitrogens is 3. The Morgan fingerprint density at radius 2 is 2.33 bits per heavy atom. The highest BCUT2D eigenvalue weighted by Gasteiger charge is 2.18. The van der Waals surface area contributed by atoms with Gasteiger partial charge in [0.15, 0.2) is 0 Å². The summed E-state index contributed by atoms with van der Waals surface area (Å²) in [4.78, 5) is 15.2. The summed E-state index contributed by atoms with van der Waals surface area (Å²) in [6, 6.07) is 0. The lowest BCUT2D eigenvalue weighted by atomic mass is 10.2. The van der Waals surface area contributed by atoms with E-state index < -0.39 is 5.97 Å². The molecule has 0 aliphatic rings. The van der Waals surface area contributed by atoms with Gasteiger partial charge in [-0.05, 0) is 6.92 Å². The number of carboxylic acid groups (broad SMARTS) is 1. The first-order valence-electron chi connectivity index (χ1n) is 4.27. The molecule has 0 atom stereocenters. The van der Waals surface area contributed by atoms with Crippen molar-refractivity contribution in [3.63, 3.8) is 0 Å². The van der Waals surface area contributed by atoms with Gasteiger partial charge in [-0.1, -0.05) is 0 Å². The third-order valence-electron chi connectivity index (χ3n) is 2.03. The summed E-state index contributed by atoms with van der Waals surface area (Å²) in [5.74, 6) is -0.983. The van der Waals surface area contributed by atoms with E-state index in [0.29, 0.717) is 11.4 Å². The summed E-state index contributed by atoms with van der Waals surface area (Å²) in [6.45, 7) is 1.88. The number of carbonyl (C=O) groups is 1. The van der Waals surface area contributed by atoms with Crippen molar-refractivity contribution in [3.05, 3.63) is 22.1 Å². The molecule has 0 aliphatic carbocycles. The lowest BCUT2D eigenvalue weighted by molar-refractivity contribution is 0.0697. The average Bonchev–Trinajstić information content (AvgIpc) is 2.71. The zero-order valence-corrected chi connectivity index (χ0v) is 9.08. The largest absolute Gasteiger partial charge is 0.478 e. The maximum absolute atomic E-state index is 10.9. The topological polar surface area (TPSA) is 68.0 Å². The van der Waals surface area contributed by atoms with Crippen molar-refractivity contribution in [1.29, 1.82) is 0 Å². The summed E-state index contributed by atoms with van der Waals surface area (Å²) in [7, 11) is 1.70. The van der Waals surface area contributed by atoms with E-state index in [-0.39, 0.29) is 5.56 Å². The molecule has 5 nitrogen and oxygen atoms in total. The monoisotopic (exact) mass is 223 g/mol. The van der Waals surface area contributed by atoms with Crippen LogP contribution in [-0.2, 0) is 7.05 Å². The van der Waals surface area contributed by atoms with E-state index in [1.165, 1.54) is 22.2 Å². The molecular weight excluding hydrogens is 214 g/mol. The van der Waals surface area contributed by atoms with E-state index in [2.05, 4.69) is 10.1 Å². The Hall–Kier alpha value is -1.69. The second-order valence-corrected chi connectivity index (χ2v) is 4.15. The Morgan fingerprint density at radius 1 is 1.60 bits per heavy atom. The fraction of sp³-hybridized carbons (Fsp3) is 0.222. The predicted octanol–water partition coefficient (Wildman–Crippen LogP) is 1.55. The molecular formula is C9H9N3O2S. The maximum Gasteiger partial charge on any atom is 0.339 e. The van der Waals surface area contributed by atoms with Crippen LogP contribution >= 0.6 is 11.3 Å². The van der Waals surface area contributed by atoms with Crippen LogP contribution in [0.1, 0.15) is 15.4 Å². The number of aromatic carboxylic acids is 1. The van der Waals surface area contributed by atoms with Crippen molar-refractivity contribution in [3.8, 4) is 11.4 Å². The van der Waals surface area contributed by atoms with Crippen LogP contribution in [0.2, 0.25) is 0 Å². The van der Waals surface area contributed by atoms with Gasteiger partial charge in [-0.2, -0.15) is 5.10 Å². The third-order valence-corrected chi connectivity index (χ3v) is 2.80. The lowest BCUT2D eigenvalue weighted by Crippen LogP contribution is -2.00. The van der Waals surface area contributed by atoms with Crippen LogP contribution in [0.25, 0.3) is 11.4 Å². The smallest absolute Gasteiger partial charge is 0.339 e. The van der Waals surface area contributed by atoms with Gasteiger partial charge >= 0.3 is 5.97 Å². The van der Waals surface area contributed by atoms with Crippen LogP contribution in [0.3, 0.4) is 0 Å². The van der Waals surface area contributed by atoms with Gasteiger partial charge in [0, 0.05) is 12.4 Å². The number of rotatable bonds is 2. The Labute approximate surface area is 90.0 Å². The maximum atomic E-state index is 10.9. The van der Waals surface area contributed by atoms with Gasteiger partial charge < -0.3 is 5.11 Å². The van der Waals surface area contributed by atoms with Crippen LogP contribution < -0.4 is 0 Å². The van der Waals surface area contributed by atoms with Crippen molar-refractivity contribution in [1.82, 2.24) is 14.8 Å². The van der Waals surface area contributed by atoms with E-state index in [0.717, 1.165) is 5.01 Å². The Kier molecular flexibility index (Phi) is 2.28. The van der Waals surface area contributed by atoms with Gasteiger partial charge in [-0.3, -0.25) is 4.68 Å². The molecule has 0 bridgehead atoms. The van der Waals surface area contributed by atoms with Crippen LogP contribution in [0.4, 0.5) is 0 Å². The standard InChI is InChI=1S/C9H9N3O2S/c1-5-11-7(4-15-5)8-6(9(13)14)3-10-12(8)2/h3-4H,1-2H3,(H,13,14). The molecule has 0 aromatic carbocycles. The van der Waals surface area contributed by atoms with Crippen LogP contribution in [-0.4, -0.2) is 25.8 Å². The van der Waals surface area contributed by atoms with E-state index >= 15 is 0 Å². The first-order valence-corrected chi connectivity index (χ1v) is 5.15. The minimum Gasteiger partial charge on any atom is -0.478 e. The van der Waals surface area contributed by atoms with E-state index in [1.54, 1.807) is 7.05 Å². The zero-order valence-electron chi connectivity index (χ0n) is 8.26. The molecule has 2 aromatic rings. The van der Waals surface area contributed by atoms with E-state index in [4.69, 9.17) is 5.11 Å². The first-order chi connectivity index (χ1) is 7.09. The van der Waals surface area contributed by atoms with E-state index in [9.17, 15) is 4.79 Å². The second-order valence-electron chi connectivity index (χ2n) is 3.09. The number of nitrogens with zero attached hydrogens (tertiary/aromatic N) is 3. The second kappa shape index (κ2) is 3.47. The van der Waals surface area contributed by atoms with Crippen molar-refractivity contribution >= 4 is 17.3 Å². The number of aryl methyl sites for hydroxylation is 2. The molecule has 15 heavy (non-hydrogen) atoms. The number of carboxylic acids is 1. The molecule has 0 aliphatic heterocycles.